The molecule has 0 saturated carbocycles. The number of hydrogen-bond donors (Lipinski definition) is 1. The molecule has 0 bridgehead atoms. The summed E-state index contributed by atoms with van der Waals surface area (Å²) in [6.07, 6.45) is 4.92. The first-order valence-electron chi connectivity index (χ1n) is 7.30. The zero-order valence-electron chi connectivity index (χ0n) is 12.6. The fraction of sp³-hybridized carbons (Fsp3) is 0.353. The van der Waals surface area contributed by atoms with E-state index in [0.29, 0.717) is 0 Å². The van der Waals surface area contributed by atoms with Crippen molar-refractivity contribution < 1.29 is 0 Å². The zero-order valence-corrected chi connectivity index (χ0v) is 13.4. The monoisotopic (exact) mass is 303 g/mol. The number of hydrogen-bond acceptors (Lipinski definition) is 3. The van der Waals surface area contributed by atoms with Crippen molar-refractivity contribution in [2.24, 2.45) is 0 Å². The number of benzene rings is 1. The molecule has 1 heterocycles. The molecule has 0 aliphatic heterocycles. The normalized spacial score (nSPS) is 10.6. The average Bonchev–Trinajstić information content (AvgIpc) is 2.50. The SMILES string of the molecule is CCCNCc1cnccc1N(C)Cc1ccc(Cl)cc1. The maximum Gasteiger partial charge on any atom is 0.0443 e. The van der Waals surface area contributed by atoms with E-state index in [2.05, 4.69) is 47.4 Å². The molecule has 21 heavy (non-hydrogen) atoms. The molecule has 0 radical (unpaired) electrons. The van der Waals surface area contributed by atoms with Crippen LogP contribution >= 0.6 is 11.6 Å². The van der Waals surface area contributed by atoms with E-state index in [4.69, 9.17) is 11.6 Å². The van der Waals surface area contributed by atoms with Crippen LogP contribution in [0.25, 0.3) is 0 Å². The lowest BCUT2D eigenvalue weighted by atomic mass is 10.1. The number of rotatable bonds is 7. The first-order valence-corrected chi connectivity index (χ1v) is 7.67. The summed E-state index contributed by atoms with van der Waals surface area (Å²) in [5.41, 5.74) is 3.68. The van der Waals surface area contributed by atoms with E-state index < -0.39 is 0 Å². The van der Waals surface area contributed by atoms with Crippen LogP contribution in [0.3, 0.4) is 0 Å². The lowest BCUT2D eigenvalue weighted by molar-refractivity contribution is 0.672. The molecule has 0 fully saturated rings. The van der Waals surface area contributed by atoms with Gasteiger partial charge < -0.3 is 10.2 Å². The van der Waals surface area contributed by atoms with E-state index in [1.54, 1.807) is 0 Å². The van der Waals surface area contributed by atoms with E-state index in [9.17, 15) is 0 Å². The molecule has 112 valence electrons. The number of pyridine rings is 1. The third-order valence-corrected chi connectivity index (χ3v) is 3.62. The van der Waals surface area contributed by atoms with Crippen molar-refractivity contribution in [2.45, 2.75) is 26.4 Å². The summed E-state index contributed by atoms with van der Waals surface area (Å²) >= 11 is 5.93. The topological polar surface area (TPSA) is 28.2 Å². The Kier molecular flexibility index (Phi) is 6.03. The Labute approximate surface area is 132 Å². The predicted molar refractivity (Wildman–Crippen MR) is 89.8 cm³/mol. The number of aromatic nitrogens is 1. The largest absolute Gasteiger partial charge is 0.370 e. The van der Waals surface area contributed by atoms with Crippen LogP contribution in [0.1, 0.15) is 24.5 Å². The Hall–Kier alpha value is -1.58. The Morgan fingerprint density at radius 1 is 1.19 bits per heavy atom. The minimum atomic E-state index is 0.773. The van der Waals surface area contributed by atoms with Crippen LogP contribution in [-0.2, 0) is 13.1 Å². The first kappa shape index (κ1) is 15.8. The van der Waals surface area contributed by atoms with E-state index >= 15 is 0 Å². The van der Waals surface area contributed by atoms with Crippen LogP contribution < -0.4 is 10.2 Å². The summed E-state index contributed by atoms with van der Waals surface area (Å²) in [7, 11) is 2.10. The third kappa shape index (κ3) is 4.73. The summed E-state index contributed by atoms with van der Waals surface area (Å²) < 4.78 is 0. The van der Waals surface area contributed by atoms with Crippen molar-refractivity contribution in [3.05, 3.63) is 58.9 Å². The van der Waals surface area contributed by atoms with Crippen molar-refractivity contribution in [1.29, 1.82) is 0 Å². The van der Waals surface area contributed by atoms with Crippen LogP contribution in [0, 0.1) is 0 Å². The minimum Gasteiger partial charge on any atom is -0.370 e. The minimum absolute atomic E-state index is 0.773. The fourth-order valence-electron chi connectivity index (χ4n) is 2.28. The first-order chi connectivity index (χ1) is 10.2. The van der Waals surface area contributed by atoms with Crippen molar-refractivity contribution in [2.75, 3.05) is 18.5 Å². The van der Waals surface area contributed by atoms with E-state index in [0.717, 1.165) is 31.1 Å². The average molecular weight is 304 g/mol. The molecular formula is C17H22ClN3. The van der Waals surface area contributed by atoms with Crippen LogP contribution in [0.5, 0.6) is 0 Å². The van der Waals surface area contributed by atoms with E-state index in [1.807, 2.05) is 24.5 Å². The van der Waals surface area contributed by atoms with Crippen LogP contribution in [0.15, 0.2) is 42.7 Å². The highest BCUT2D eigenvalue weighted by molar-refractivity contribution is 6.30. The van der Waals surface area contributed by atoms with Crippen molar-refractivity contribution in [1.82, 2.24) is 10.3 Å². The highest BCUT2D eigenvalue weighted by atomic mass is 35.5. The summed E-state index contributed by atoms with van der Waals surface area (Å²) in [5.74, 6) is 0. The quantitative estimate of drug-likeness (QED) is 0.787. The Bertz CT molecular complexity index is 554. The van der Waals surface area contributed by atoms with Gasteiger partial charge in [-0.1, -0.05) is 30.7 Å². The molecule has 0 spiro atoms. The number of nitrogens with zero attached hydrogens (tertiary/aromatic N) is 2. The van der Waals surface area contributed by atoms with E-state index in [1.165, 1.54) is 16.8 Å². The summed E-state index contributed by atoms with van der Waals surface area (Å²) in [5, 5.41) is 4.21. The highest BCUT2D eigenvalue weighted by Gasteiger charge is 2.08. The highest BCUT2D eigenvalue weighted by Crippen LogP contribution is 2.20. The van der Waals surface area contributed by atoms with Gasteiger partial charge in [-0.15, -0.1) is 0 Å². The van der Waals surface area contributed by atoms with Gasteiger partial charge in [0.1, 0.15) is 0 Å². The molecule has 0 aliphatic rings. The van der Waals surface area contributed by atoms with Gasteiger partial charge in [-0.3, -0.25) is 4.98 Å². The van der Waals surface area contributed by atoms with Crippen molar-refractivity contribution >= 4 is 17.3 Å². The summed E-state index contributed by atoms with van der Waals surface area (Å²) in [6, 6.07) is 10.1. The predicted octanol–water partition coefficient (Wildman–Crippen LogP) is 3.87. The molecule has 1 aromatic carbocycles. The molecule has 2 aromatic rings. The second-order valence-corrected chi connectivity index (χ2v) is 5.60. The molecule has 0 amide bonds. The third-order valence-electron chi connectivity index (χ3n) is 3.36. The van der Waals surface area contributed by atoms with Gasteiger partial charge >= 0.3 is 0 Å². The standard InChI is InChI=1S/C17H22ClN3/c1-3-9-19-11-15-12-20-10-8-17(15)21(2)13-14-4-6-16(18)7-5-14/h4-8,10,12,19H,3,9,11,13H2,1-2H3. The molecule has 0 aliphatic carbocycles. The van der Waals surface area contributed by atoms with Gasteiger partial charge in [-0.25, -0.2) is 0 Å². The number of nitrogens with one attached hydrogen (secondary N) is 1. The van der Waals surface area contributed by atoms with Gasteiger partial charge in [0, 0.05) is 48.8 Å². The van der Waals surface area contributed by atoms with E-state index in [-0.39, 0.29) is 0 Å². The fourth-order valence-corrected chi connectivity index (χ4v) is 2.40. The molecule has 1 aromatic heterocycles. The van der Waals surface area contributed by atoms with Crippen molar-refractivity contribution in [3.63, 3.8) is 0 Å². The Morgan fingerprint density at radius 3 is 2.67 bits per heavy atom. The Balaban J connectivity index is 2.07. The lowest BCUT2D eigenvalue weighted by Gasteiger charge is -2.22. The summed E-state index contributed by atoms with van der Waals surface area (Å²) in [4.78, 5) is 6.48. The van der Waals surface area contributed by atoms with Crippen LogP contribution in [-0.4, -0.2) is 18.6 Å². The van der Waals surface area contributed by atoms with Crippen molar-refractivity contribution in [3.8, 4) is 0 Å². The van der Waals surface area contributed by atoms with Crippen LogP contribution in [0.2, 0.25) is 5.02 Å². The maximum absolute atomic E-state index is 5.93. The maximum atomic E-state index is 5.93. The van der Waals surface area contributed by atoms with Gasteiger partial charge in [-0.05, 0) is 36.7 Å². The van der Waals surface area contributed by atoms with Gasteiger partial charge in [0.2, 0.25) is 0 Å². The number of anilines is 1. The number of halogens is 1. The summed E-state index contributed by atoms with van der Waals surface area (Å²) in [6.45, 7) is 4.89. The Morgan fingerprint density at radius 2 is 1.95 bits per heavy atom. The van der Waals surface area contributed by atoms with Crippen LogP contribution in [0.4, 0.5) is 5.69 Å². The second-order valence-electron chi connectivity index (χ2n) is 5.16. The molecule has 2 rings (SSSR count). The lowest BCUT2D eigenvalue weighted by Crippen LogP contribution is -2.21. The molecule has 0 unspecified atom stereocenters. The zero-order chi connectivity index (χ0) is 15.1. The van der Waals surface area contributed by atoms with Gasteiger partial charge in [0.15, 0.2) is 0 Å². The smallest absolute Gasteiger partial charge is 0.0443 e. The molecule has 1 N–H and O–H groups in total. The molecule has 0 saturated heterocycles. The molecular weight excluding hydrogens is 282 g/mol. The molecule has 4 heteroatoms. The molecule has 0 atom stereocenters. The molecule has 3 nitrogen and oxygen atoms in total. The van der Waals surface area contributed by atoms with Gasteiger partial charge in [0.05, 0.1) is 0 Å². The second kappa shape index (κ2) is 8.01. The van der Waals surface area contributed by atoms with Gasteiger partial charge in [0.25, 0.3) is 0 Å². The van der Waals surface area contributed by atoms with Gasteiger partial charge in [-0.2, -0.15) is 0 Å².